The average molecular weight is 320 g/mol. The molecular weight excluding hydrogens is 292 g/mol. The molecule has 0 spiro atoms. The molecule has 0 amide bonds. The van der Waals surface area contributed by atoms with Crippen molar-refractivity contribution < 1.29 is 14.2 Å². The maximum absolute atomic E-state index is 9.97. The first-order chi connectivity index (χ1) is 11.0. The Kier molecular flexibility index (Phi) is 7.18. The minimum atomic E-state index is -0.594. The highest BCUT2D eigenvalue weighted by Gasteiger charge is 2.37. The van der Waals surface area contributed by atoms with Crippen molar-refractivity contribution in [2.45, 2.75) is 32.1 Å². The van der Waals surface area contributed by atoms with Gasteiger partial charge < -0.3 is 19.5 Å². The SMILES string of the molecule is CNCCC[C@](C#N)(c1cc(OC)c(OC)c(OC)c1)C(C)C. The standard InChI is InChI=1S/C18H28N2O3/c1-13(2)18(12-19,8-7-9-20-3)14-10-15(21-4)17(23-6)16(11-14)22-5/h10-11,13,20H,7-9H2,1-6H3/t18-/m1/s1. The van der Waals surface area contributed by atoms with Gasteiger partial charge in [0.25, 0.3) is 0 Å². The van der Waals surface area contributed by atoms with Crippen molar-refractivity contribution in [3.63, 3.8) is 0 Å². The van der Waals surface area contributed by atoms with Crippen LogP contribution in [0.5, 0.6) is 17.2 Å². The van der Waals surface area contributed by atoms with Crippen molar-refractivity contribution in [1.82, 2.24) is 5.32 Å². The summed E-state index contributed by atoms with van der Waals surface area (Å²) in [6.07, 6.45) is 1.68. The molecule has 1 atom stereocenters. The number of hydrogen-bond donors (Lipinski definition) is 1. The minimum absolute atomic E-state index is 0.159. The third kappa shape index (κ3) is 3.89. The van der Waals surface area contributed by atoms with E-state index in [1.165, 1.54) is 0 Å². The monoisotopic (exact) mass is 320 g/mol. The molecular formula is C18H28N2O3. The fraction of sp³-hybridized carbons (Fsp3) is 0.611. The highest BCUT2D eigenvalue weighted by molar-refractivity contribution is 5.56. The van der Waals surface area contributed by atoms with Crippen LogP contribution in [0, 0.1) is 17.2 Å². The first kappa shape index (κ1) is 19.1. The number of nitrogens with zero attached hydrogens (tertiary/aromatic N) is 1. The molecule has 0 fully saturated rings. The number of hydrogen-bond acceptors (Lipinski definition) is 5. The van der Waals surface area contributed by atoms with Crippen LogP contribution in [0.4, 0.5) is 0 Å². The van der Waals surface area contributed by atoms with Gasteiger partial charge in [0.1, 0.15) is 0 Å². The summed E-state index contributed by atoms with van der Waals surface area (Å²) < 4.78 is 16.3. The van der Waals surface area contributed by atoms with E-state index in [2.05, 4.69) is 25.2 Å². The van der Waals surface area contributed by atoms with E-state index in [1.807, 2.05) is 19.2 Å². The molecule has 0 aliphatic heterocycles. The zero-order chi connectivity index (χ0) is 17.5. The molecule has 1 rings (SSSR count). The smallest absolute Gasteiger partial charge is 0.203 e. The summed E-state index contributed by atoms with van der Waals surface area (Å²) in [6.45, 7) is 5.03. The lowest BCUT2D eigenvalue weighted by molar-refractivity contribution is 0.316. The average Bonchev–Trinajstić information content (AvgIpc) is 2.57. The summed E-state index contributed by atoms with van der Waals surface area (Å²) in [7, 11) is 6.67. The number of ether oxygens (including phenoxy) is 3. The maximum Gasteiger partial charge on any atom is 0.203 e. The summed E-state index contributed by atoms with van der Waals surface area (Å²) in [5.41, 5.74) is 0.310. The first-order valence-corrected chi connectivity index (χ1v) is 7.87. The predicted octanol–water partition coefficient (Wildman–Crippen LogP) is 3.13. The fourth-order valence-corrected chi connectivity index (χ4v) is 2.90. The van der Waals surface area contributed by atoms with Gasteiger partial charge in [-0.15, -0.1) is 0 Å². The molecule has 0 saturated heterocycles. The number of nitrogens with one attached hydrogen (secondary N) is 1. The van der Waals surface area contributed by atoms with Gasteiger partial charge in [0.15, 0.2) is 11.5 Å². The molecule has 1 N–H and O–H groups in total. The molecule has 0 aliphatic carbocycles. The molecule has 5 nitrogen and oxygen atoms in total. The van der Waals surface area contributed by atoms with E-state index in [1.54, 1.807) is 21.3 Å². The van der Waals surface area contributed by atoms with Crippen LogP contribution in [0.15, 0.2) is 12.1 Å². The van der Waals surface area contributed by atoms with Crippen LogP contribution in [-0.4, -0.2) is 34.9 Å². The lowest BCUT2D eigenvalue weighted by atomic mass is 9.69. The zero-order valence-corrected chi connectivity index (χ0v) is 15.0. The molecule has 5 heteroatoms. The molecule has 0 unspecified atom stereocenters. The van der Waals surface area contributed by atoms with Crippen molar-refractivity contribution in [2.24, 2.45) is 5.92 Å². The quantitative estimate of drug-likeness (QED) is 0.708. The van der Waals surface area contributed by atoms with Gasteiger partial charge in [0.05, 0.1) is 32.8 Å². The Morgan fingerprint density at radius 1 is 1.13 bits per heavy atom. The van der Waals surface area contributed by atoms with Gasteiger partial charge in [0.2, 0.25) is 5.75 Å². The lowest BCUT2D eigenvalue weighted by Gasteiger charge is -2.32. The van der Waals surface area contributed by atoms with Crippen LogP contribution in [-0.2, 0) is 5.41 Å². The Balaban J connectivity index is 3.44. The van der Waals surface area contributed by atoms with Crippen LogP contribution >= 0.6 is 0 Å². The summed E-state index contributed by atoms with van der Waals surface area (Å²) in [6, 6.07) is 6.34. The third-order valence-corrected chi connectivity index (χ3v) is 4.36. The second-order valence-corrected chi connectivity index (χ2v) is 5.86. The van der Waals surface area contributed by atoms with Crippen molar-refractivity contribution >= 4 is 0 Å². The number of methoxy groups -OCH3 is 3. The minimum Gasteiger partial charge on any atom is -0.493 e. The van der Waals surface area contributed by atoms with Crippen molar-refractivity contribution in [3.05, 3.63) is 17.7 Å². The predicted molar refractivity (Wildman–Crippen MR) is 91.4 cm³/mol. The summed E-state index contributed by atoms with van der Waals surface area (Å²) in [4.78, 5) is 0. The zero-order valence-electron chi connectivity index (χ0n) is 15.0. The summed E-state index contributed by atoms with van der Waals surface area (Å²) in [5.74, 6) is 1.86. The van der Waals surface area contributed by atoms with Gasteiger partial charge in [-0.2, -0.15) is 5.26 Å². The third-order valence-electron chi connectivity index (χ3n) is 4.36. The lowest BCUT2D eigenvalue weighted by Crippen LogP contribution is -2.32. The van der Waals surface area contributed by atoms with Crippen LogP contribution in [0.1, 0.15) is 32.3 Å². The van der Waals surface area contributed by atoms with Gasteiger partial charge in [-0.3, -0.25) is 0 Å². The normalized spacial score (nSPS) is 13.3. The Bertz CT molecular complexity index is 527. The number of rotatable bonds is 9. The van der Waals surface area contributed by atoms with Crippen molar-refractivity contribution in [1.29, 1.82) is 5.26 Å². The van der Waals surface area contributed by atoms with Gasteiger partial charge in [0, 0.05) is 0 Å². The Morgan fingerprint density at radius 2 is 1.70 bits per heavy atom. The Labute approximate surface area is 139 Å². The molecule has 128 valence electrons. The molecule has 0 radical (unpaired) electrons. The van der Waals surface area contributed by atoms with E-state index >= 15 is 0 Å². The first-order valence-electron chi connectivity index (χ1n) is 7.87. The summed E-state index contributed by atoms with van der Waals surface area (Å²) >= 11 is 0. The largest absolute Gasteiger partial charge is 0.493 e. The van der Waals surface area contributed by atoms with E-state index in [9.17, 15) is 5.26 Å². The molecule has 23 heavy (non-hydrogen) atoms. The van der Waals surface area contributed by atoms with E-state index in [-0.39, 0.29) is 5.92 Å². The molecule has 0 heterocycles. The van der Waals surface area contributed by atoms with Crippen LogP contribution in [0.2, 0.25) is 0 Å². The topological polar surface area (TPSA) is 63.5 Å². The second-order valence-electron chi connectivity index (χ2n) is 5.86. The molecule has 1 aromatic rings. The second kappa shape index (κ2) is 8.64. The number of nitriles is 1. The molecule has 0 saturated carbocycles. The van der Waals surface area contributed by atoms with E-state index in [0.29, 0.717) is 17.2 Å². The van der Waals surface area contributed by atoms with Gasteiger partial charge in [-0.05, 0) is 50.0 Å². The summed E-state index contributed by atoms with van der Waals surface area (Å²) in [5, 5.41) is 13.1. The van der Waals surface area contributed by atoms with E-state index in [4.69, 9.17) is 14.2 Å². The van der Waals surface area contributed by atoms with E-state index in [0.717, 1.165) is 24.9 Å². The molecule has 1 aromatic carbocycles. The maximum atomic E-state index is 9.97. The van der Waals surface area contributed by atoms with Crippen molar-refractivity contribution in [3.8, 4) is 23.3 Å². The van der Waals surface area contributed by atoms with Crippen LogP contribution < -0.4 is 19.5 Å². The van der Waals surface area contributed by atoms with Crippen LogP contribution in [0.25, 0.3) is 0 Å². The highest BCUT2D eigenvalue weighted by Crippen LogP contribution is 2.45. The molecule has 0 aromatic heterocycles. The Morgan fingerprint density at radius 3 is 2.04 bits per heavy atom. The molecule has 0 aliphatic rings. The van der Waals surface area contributed by atoms with E-state index < -0.39 is 5.41 Å². The van der Waals surface area contributed by atoms with Crippen LogP contribution in [0.3, 0.4) is 0 Å². The van der Waals surface area contributed by atoms with Gasteiger partial charge >= 0.3 is 0 Å². The fourth-order valence-electron chi connectivity index (χ4n) is 2.90. The van der Waals surface area contributed by atoms with Crippen molar-refractivity contribution in [2.75, 3.05) is 34.9 Å². The number of benzene rings is 1. The van der Waals surface area contributed by atoms with Gasteiger partial charge in [-0.1, -0.05) is 13.8 Å². The molecule has 0 bridgehead atoms. The Hall–Kier alpha value is -1.93. The highest BCUT2D eigenvalue weighted by atomic mass is 16.5. The van der Waals surface area contributed by atoms with Gasteiger partial charge in [-0.25, -0.2) is 0 Å².